The molecule has 1 aliphatic carbocycles. The summed E-state index contributed by atoms with van der Waals surface area (Å²) in [5.74, 6) is -3.73. The number of benzene rings is 2. The maximum Gasteiger partial charge on any atom is 0.201 e. The zero-order valence-corrected chi connectivity index (χ0v) is 10.9. The molecule has 0 bridgehead atoms. The molecule has 0 aliphatic heterocycles. The van der Waals surface area contributed by atoms with Crippen molar-refractivity contribution in [3.05, 3.63) is 41.2 Å². The van der Waals surface area contributed by atoms with Crippen molar-refractivity contribution in [3.63, 3.8) is 0 Å². The van der Waals surface area contributed by atoms with Crippen LogP contribution in [0.15, 0.2) is 18.2 Å². The van der Waals surface area contributed by atoms with Crippen LogP contribution in [-0.2, 0) is 6.42 Å². The van der Waals surface area contributed by atoms with Crippen LogP contribution in [0, 0.1) is 17.5 Å². The van der Waals surface area contributed by atoms with Gasteiger partial charge in [-0.1, -0.05) is 25.5 Å². The molecular formula is C16H13F3O. The molecule has 0 saturated carbocycles. The van der Waals surface area contributed by atoms with Crippen molar-refractivity contribution in [2.45, 2.75) is 26.2 Å². The molecule has 1 nitrogen and oxygen atoms in total. The SMILES string of the molecule is CCCCc1ccc2c(c1F)-c1c-2cc(O)c(F)c1F. The fraction of sp³-hybridized carbons (Fsp3) is 0.250. The molecule has 0 aromatic heterocycles. The van der Waals surface area contributed by atoms with E-state index in [2.05, 4.69) is 0 Å². The second-order valence-corrected chi connectivity index (χ2v) is 5.01. The summed E-state index contributed by atoms with van der Waals surface area (Å²) in [7, 11) is 0. The van der Waals surface area contributed by atoms with Gasteiger partial charge < -0.3 is 5.11 Å². The van der Waals surface area contributed by atoms with Crippen LogP contribution in [0.25, 0.3) is 22.3 Å². The average molecular weight is 278 g/mol. The third kappa shape index (κ3) is 1.64. The summed E-state index contributed by atoms with van der Waals surface area (Å²) in [6.45, 7) is 2.01. The van der Waals surface area contributed by atoms with E-state index in [4.69, 9.17) is 0 Å². The Bertz CT molecular complexity index is 708. The van der Waals surface area contributed by atoms with E-state index in [9.17, 15) is 18.3 Å². The molecule has 0 unspecified atom stereocenters. The van der Waals surface area contributed by atoms with Gasteiger partial charge in [-0.05, 0) is 35.6 Å². The number of hydrogen-bond donors (Lipinski definition) is 1. The van der Waals surface area contributed by atoms with E-state index in [-0.39, 0.29) is 11.1 Å². The van der Waals surface area contributed by atoms with Crippen molar-refractivity contribution >= 4 is 0 Å². The van der Waals surface area contributed by atoms with Gasteiger partial charge in [0.05, 0.1) is 0 Å². The molecule has 104 valence electrons. The molecular weight excluding hydrogens is 265 g/mol. The van der Waals surface area contributed by atoms with Crippen LogP contribution in [-0.4, -0.2) is 5.11 Å². The Morgan fingerprint density at radius 3 is 2.35 bits per heavy atom. The van der Waals surface area contributed by atoms with Crippen molar-refractivity contribution in [2.24, 2.45) is 0 Å². The Hall–Kier alpha value is -1.97. The Labute approximate surface area is 114 Å². The van der Waals surface area contributed by atoms with Gasteiger partial charge in [0.1, 0.15) is 5.82 Å². The summed E-state index contributed by atoms with van der Waals surface area (Å²) in [4.78, 5) is 0. The van der Waals surface area contributed by atoms with Crippen molar-refractivity contribution < 1.29 is 18.3 Å². The van der Waals surface area contributed by atoms with Gasteiger partial charge in [-0.3, -0.25) is 0 Å². The van der Waals surface area contributed by atoms with E-state index < -0.39 is 23.2 Å². The number of phenols is 1. The number of aromatic hydroxyl groups is 1. The highest BCUT2D eigenvalue weighted by molar-refractivity contribution is 6.03. The highest BCUT2D eigenvalue weighted by atomic mass is 19.2. The van der Waals surface area contributed by atoms with Gasteiger partial charge in [0.2, 0.25) is 5.82 Å². The third-order valence-corrected chi connectivity index (χ3v) is 3.75. The van der Waals surface area contributed by atoms with Crippen molar-refractivity contribution in [2.75, 3.05) is 0 Å². The average Bonchev–Trinajstić information content (AvgIpc) is 2.42. The summed E-state index contributed by atoms with van der Waals surface area (Å²) in [6.07, 6.45) is 2.35. The van der Waals surface area contributed by atoms with Gasteiger partial charge in [-0.25, -0.2) is 8.78 Å². The second kappa shape index (κ2) is 4.54. The van der Waals surface area contributed by atoms with E-state index in [1.54, 1.807) is 12.1 Å². The first-order valence-electron chi connectivity index (χ1n) is 6.59. The van der Waals surface area contributed by atoms with Crippen LogP contribution in [0.4, 0.5) is 13.2 Å². The fourth-order valence-electron chi connectivity index (χ4n) is 2.66. The molecule has 0 fully saturated rings. The lowest BCUT2D eigenvalue weighted by Gasteiger charge is -2.26. The summed E-state index contributed by atoms with van der Waals surface area (Å²) < 4.78 is 41.6. The number of hydrogen-bond acceptors (Lipinski definition) is 1. The Morgan fingerprint density at radius 2 is 1.65 bits per heavy atom. The fourth-order valence-corrected chi connectivity index (χ4v) is 2.66. The van der Waals surface area contributed by atoms with Crippen LogP contribution in [0.5, 0.6) is 5.75 Å². The zero-order chi connectivity index (χ0) is 14.4. The van der Waals surface area contributed by atoms with Crippen LogP contribution in [0.1, 0.15) is 25.3 Å². The van der Waals surface area contributed by atoms with Gasteiger partial charge in [0, 0.05) is 11.1 Å². The smallest absolute Gasteiger partial charge is 0.201 e. The maximum atomic E-state index is 14.4. The number of aryl methyl sites for hydroxylation is 1. The number of rotatable bonds is 3. The summed E-state index contributed by atoms with van der Waals surface area (Å²) in [5, 5.41) is 9.30. The number of unbranched alkanes of at least 4 members (excludes halogenated alkanes) is 1. The predicted molar refractivity (Wildman–Crippen MR) is 71.0 cm³/mol. The normalized spacial score (nSPS) is 11.8. The minimum Gasteiger partial charge on any atom is -0.505 e. The molecule has 0 radical (unpaired) electrons. The standard InChI is InChI=1S/C16H13F3O/c1-2-3-4-8-5-6-9-10-7-11(20)15(18)16(19)13(10)12(9)14(8)17/h5-7,20H,2-4H2,1H3. The van der Waals surface area contributed by atoms with Crippen LogP contribution < -0.4 is 0 Å². The summed E-state index contributed by atoms with van der Waals surface area (Å²) in [6, 6.07) is 4.51. The molecule has 1 aliphatic rings. The van der Waals surface area contributed by atoms with E-state index in [0.717, 1.165) is 18.9 Å². The van der Waals surface area contributed by atoms with Crippen molar-refractivity contribution in [3.8, 4) is 28.0 Å². The van der Waals surface area contributed by atoms with E-state index in [1.807, 2.05) is 6.92 Å². The quantitative estimate of drug-likeness (QED) is 0.729. The first kappa shape index (κ1) is 13.0. The molecule has 0 spiro atoms. The monoisotopic (exact) mass is 278 g/mol. The number of phenolic OH excluding ortho intramolecular Hbond substituents is 1. The van der Waals surface area contributed by atoms with Gasteiger partial charge >= 0.3 is 0 Å². The largest absolute Gasteiger partial charge is 0.505 e. The van der Waals surface area contributed by atoms with E-state index in [1.165, 1.54) is 0 Å². The number of halogens is 3. The van der Waals surface area contributed by atoms with Crippen LogP contribution >= 0.6 is 0 Å². The highest BCUT2D eigenvalue weighted by Gasteiger charge is 2.33. The number of fused-ring (bicyclic) bond motifs is 4. The molecule has 0 heterocycles. The highest BCUT2D eigenvalue weighted by Crippen LogP contribution is 2.52. The lowest BCUT2D eigenvalue weighted by Crippen LogP contribution is -2.08. The van der Waals surface area contributed by atoms with Crippen molar-refractivity contribution in [1.29, 1.82) is 0 Å². The predicted octanol–water partition coefficient (Wildman–Crippen LogP) is 4.80. The first-order chi connectivity index (χ1) is 9.56. The summed E-state index contributed by atoms with van der Waals surface area (Å²) >= 11 is 0. The van der Waals surface area contributed by atoms with Gasteiger partial charge in [0.25, 0.3) is 0 Å². The first-order valence-corrected chi connectivity index (χ1v) is 6.59. The lowest BCUT2D eigenvalue weighted by atomic mass is 9.78. The minimum atomic E-state index is -1.33. The van der Waals surface area contributed by atoms with Crippen molar-refractivity contribution in [1.82, 2.24) is 0 Å². The Balaban J connectivity index is 2.13. The topological polar surface area (TPSA) is 20.2 Å². The van der Waals surface area contributed by atoms with Crippen LogP contribution in [0.3, 0.4) is 0 Å². The van der Waals surface area contributed by atoms with Gasteiger partial charge in [-0.2, -0.15) is 4.39 Å². The van der Waals surface area contributed by atoms with E-state index in [0.29, 0.717) is 23.1 Å². The molecule has 0 saturated heterocycles. The second-order valence-electron chi connectivity index (χ2n) is 5.01. The van der Waals surface area contributed by atoms with Gasteiger partial charge in [-0.15, -0.1) is 0 Å². The molecule has 0 amide bonds. The van der Waals surface area contributed by atoms with E-state index >= 15 is 0 Å². The lowest BCUT2D eigenvalue weighted by molar-refractivity contribution is 0.408. The molecule has 1 N–H and O–H groups in total. The molecule has 2 aromatic carbocycles. The minimum absolute atomic E-state index is 0.0638. The maximum absolute atomic E-state index is 14.4. The molecule has 3 rings (SSSR count). The molecule has 20 heavy (non-hydrogen) atoms. The van der Waals surface area contributed by atoms with Crippen LogP contribution in [0.2, 0.25) is 0 Å². The zero-order valence-electron chi connectivity index (χ0n) is 10.9. The molecule has 2 aromatic rings. The Morgan fingerprint density at radius 1 is 0.950 bits per heavy atom. The molecule has 4 heteroatoms. The third-order valence-electron chi connectivity index (χ3n) is 3.75. The Kier molecular flexibility index (Phi) is 2.96. The molecule has 0 atom stereocenters. The van der Waals surface area contributed by atoms with Gasteiger partial charge in [0.15, 0.2) is 11.6 Å². The summed E-state index contributed by atoms with van der Waals surface area (Å²) in [5.41, 5.74) is 1.46.